The first-order valence-electron chi connectivity index (χ1n) is 8.82. The average Bonchev–Trinajstić information content (AvgIpc) is 3.38. The topological polar surface area (TPSA) is 103 Å². The Kier molecular flexibility index (Phi) is 3.77. The number of hydrogen-bond donors (Lipinski definition) is 1. The quantitative estimate of drug-likeness (QED) is 0.474. The van der Waals surface area contributed by atoms with Gasteiger partial charge in [0.15, 0.2) is 0 Å². The first kappa shape index (κ1) is 16.9. The smallest absolute Gasteiger partial charge is 0.315 e. The number of amides is 1. The SMILES string of the molecule is Cc1ccc(-c2cc(-c3ccco3)c3c(n2)oc2c(=O)n(NC=O)cnc23)cc1. The van der Waals surface area contributed by atoms with Gasteiger partial charge in [-0.1, -0.05) is 29.8 Å². The molecule has 0 radical (unpaired) electrons. The van der Waals surface area contributed by atoms with Crippen LogP contribution in [0.15, 0.2) is 68.7 Å². The van der Waals surface area contributed by atoms with Crippen LogP contribution in [-0.4, -0.2) is 21.1 Å². The van der Waals surface area contributed by atoms with Crippen molar-refractivity contribution in [3.05, 3.63) is 71.0 Å². The van der Waals surface area contributed by atoms with Crippen LogP contribution in [0.4, 0.5) is 0 Å². The van der Waals surface area contributed by atoms with Crippen LogP contribution in [0.5, 0.6) is 0 Å². The maximum Gasteiger partial charge on any atom is 0.315 e. The van der Waals surface area contributed by atoms with Crippen LogP contribution < -0.4 is 11.0 Å². The van der Waals surface area contributed by atoms with Crippen molar-refractivity contribution in [1.82, 2.24) is 14.6 Å². The molecule has 4 aromatic heterocycles. The minimum Gasteiger partial charge on any atom is -0.464 e. The van der Waals surface area contributed by atoms with Gasteiger partial charge in [-0.3, -0.25) is 15.0 Å². The summed E-state index contributed by atoms with van der Waals surface area (Å²) < 4.78 is 12.3. The van der Waals surface area contributed by atoms with Crippen LogP contribution in [0.25, 0.3) is 44.8 Å². The number of carbonyl (C=O) groups is 1. The van der Waals surface area contributed by atoms with Gasteiger partial charge in [0.05, 0.1) is 17.3 Å². The first-order valence-corrected chi connectivity index (χ1v) is 8.82. The van der Waals surface area contributed by atoms with E-state index < -0.39 is 5.56 Å². The zero-order valence-corrected chi connectivity index (χ0v) is 15.2. The fraction of sp³-hybridized carbons (Fsp3) is 0.0476. The number of rotatable bonds is 4. The summed E-state index contributed by atoms with van der Waals surface area (Å²) in [5.41, 5.74) is 5.75. The van der Waals surface area contributed by atoms with E-state index in [2.05, 4.69) is 15.4 Å². The highest BCUT2D eigenvalue weighted by Gasteiger charge is 2.21. The molecular formula is C21H14N4O4. The van der Waals surface area contributed by atoms with Crippen molar-refractivity contribution in [2.45, 2.75) is 6.92 Å². The van der Waals surface area contributed by atoms with Crippen molar-refractivity contribution in [2.75, 3.05) is 5.43 Å². The van der Waals surface area contributed by atoms with Gasteiger partial charge in [-0.25, -0.2) is 14.6 Å². The van der Waals surface area contributed by atoms with Crippen LogP contribution in [0.2, 0.25) is 0 Å². The third kappa shape index (κ3) is 2.69. The normalized spacial score (nSPS) is 11.2. The van der Waals surface area contributed by atoms with Crippen LogP contribution in [0, 0.1) is 6.92 Å². The zero-order valence-electron chi connectivity index (χ0n) is 15.2. The highest BCUT2D eigenvalue weighted by atomic mass is 16.3. The van der Waals surface area contributed by atoms with Gasteiger partial charge in [-0.15, -0.1) is 0 Å². The van der Waals surface area contributed by atoms with Gasteiger partial charge >= 0.3 is 5.56 Å². The maximum atomic E-state index is 12.6. The minimum absolute atomic E-state index is 0.00166. The van der Waals surface area contributed by atoms with E-state index in [-0.39, 0.29) is 11.3 Å². The fourth-order valence-electron chi connectivity index (χ4n) is 3.28. The Balaban J connectivity index is 1.86. The lowest BCUT2D eigenvalue weighted by Crippen LogP contribution is -2.27. The lowest BCUT2D eigenvalue weighted by molar-refractivity contribution is -0.106. The second-order valence-electron chi connectivity index (χ2n) is 6.53. The number of pyridine rings is 1. The van der Waals surface area contributed by atoms with E-state index in [1.807, 2.05) is 43.3 Å². The van der Waals surface area contributed by atoms with Gasteiger partial charge in [0, 0.05) is 11.1 Å². The second kappa shape index (κ2) is 6.45. The molecular weight excluding hydrogens is 372 g/mol. The molecule has 0 spiro atoms. The average molecular weight is 386 g/mol. The van der Waals surface area contributed by atoms with E-state index in [9.17, 15) is 9.59 Å². The molecule has 8 heteroatoms. The monoisotopic (exact) mass is 386 g/mol. The predicted octanol–water partition coefficient (Wildman–Crippen LogP) is 3.47. The molecule has 4 heterocycles. The highest BCUT2D eigenvalue weighted by molar-refractivity contribution is 6.09. The molecule has 1 amide bonds. The molecule has 0 aliphatic carbocycles. The summed E-state index contributed by atoms with van der Waals surface area (Å²) in [6.45, 7) is 2.01. The third-order valence-corrected chi connectivity index (χ3v) is 4.68. The zero-order chi connectivity index (χ0) is 20.0. The van der Waals surface area contributed by atoms with E-state index >= 15 is 0 Å². The number of aryl methyl sites for hydroxylation is 1. The molecule has 5 rings (SSSR count). The fourth-order valence-corrected chi connectivity index (χ4v) is 3.28. The first-order chi connectivity index (χ1) is 14.2. The van der Waals surface area contributed by atoms with Gasteiger partial charge < -0.3 is 8.83 Å². The standard InChI is InChI=1S/C21H14N4O4/c1-12-4-6-13(7-5-12)15-9-14(16-3-2-8-28-16)17-18-19(29-20(17)24-15)21(27)25(10-22-18)23-11-26/h2-11H,1H3,(H,23,26). The van der Waals surface area contributed by atoms with Crippen LogP contribution in [0.1, 0.15) is 5.56 Å². The summed E-state index contributed by atoms with van der Waals surface area (Å²) in [6, 6.07) is 13.4. The summed E-state index contributed by atoms with van der Waals surface area (Å²) in [7, 11) is 0. The van der Waals surface area contributed by atoms with E-state index in [1.165, 1.54) is 6.33 Å². The van der Waals surface area contributed by atoms with Crippen LogP contribution >= 0.6 is 0 Å². The Hall–Kier alpha value is -4.20. The molecule has 29 heavy (non-hydrogen) atoms. The number of aromatic nitrogens is 3. The van der Waals surface area contributed by atoms with Gasteiger partial charge in [-0.05, 0) is 25.1 Å². The molecule has 142 valence electrons. The Labute approximate surface area is 163 Å². The van der Waals surface area contributed by atoms with E-state index in [0.717, 1.165) is 15.8 Å². The van der Waals surface area contributed by atoms with Crippen molar-refractivity contribution < 1.29 is 13.6 Å². The molecule has 5 aromatic rings. The number of fused-ring (bicyclic) bond motifs is 3. The van der Waals surface area contributed by atoms with Crippen molar-refractivity contribution in [3.8, 4) is 22.6 Å². The van der Waals surface area contributed by atoms with Gasteiger partial charge in [0.25, 0.3) is 0 Å². The molecule has 0 saturated heterocycles. The maximum absolute atomic E-state index is 12.6. The molecule has 0 unspecified atom stereocenters. The third-order valence-electron chi connectivity index (χ3n) is 4.68. The highest BCUT2D eigenvalue weighted by Crippen LogP contribution is 2.36. The number of hydrogen-bond acceptors (Lipinski definition) is 6. The Morgan fingerprint density at radius 3 is 2.72 bits per heavy atom. The number of nitrogens with zero attached hydrogens (tertiary/aromatic N) is 3. The minimum atomic E-state index is -0.539. The Morgan fingerprint density at radius 1 is 1.17 bits per heavy atom. The van der Waals surface area contributed by atoms with Crippen molar-refractivity contribution in [1.29, 1.82) is 0 Å². The predicted molar refractivity (Wildman–Crippen MR) is 107 cm³/mol. The molecule has 1 aromatic carbocycles. The number of benzene rings is 1. The molecule has 0 atom stereocenters. The largest absolute Gasteiger partial charge is 0.464 e. The van der Waals surface area contributed by atoms with Crippen molar-refractivity contribution in [2.24, 2.45) is 0 Å². The van der Waals surface area contributed by atoms with Gasteiger partial charge in [0.2, 0.25) is 17.7 Å². The summed E-state index contributed by atoms with van der Waals surface area (Å²) in [4.78, 5) is 32.3. The summed E-state index contributed by atoms with van der Waals surface area (Å²) >= 11 is 0. The van der Waals surface area contributed by atoms with Crippen molar-refractivity contribution in [3.63, 3.8) is 0 Å². The van der Waals surface area contributed by atoms with Crippen molar-refractivity contribution >= 4 is 28.6 Å². The number of furan rings is 2. The second-order valence-corrected chi connectivity index (χ2v) is 6.53. The number of carbonyl (C=O) groups excluding carboxylic acids is 1. The Morgan fingerprint density at radius 2 is 2.00 bits per heavy atom. The van der Waals surface area contributed by atoms with Gasteiger partial charge in [0.1, 0.15) is 17.6 Å². The van der Waals surface area contributed by atoms with Crippen LogP contribution in [0.3, 0.4) is 0 Å². The molecule has 0 saturated carbocycles. The molecule has 0 fully saturated rings. The Bertz CT molecular complexity index is 1410. The lowest BCUT2D eigenvalue weighted by Gasteiger charge is -2.05. The van der Waals surface area contributed by atoms with Crippen LogP contribution in [-0.2, 0) is 4.79 Å². The van der Waals surface area contributed by atoms with E-state index in [1.54, 1.807) is 12.3 Å². The molecule has 8 nitrogen and oxygen atoms in total. The van der Waals surface area contributed by atoms with E-state index in [0.29, 0.717) is 34.3 Å². The summed E-state index contributed by atoms with van der Waals surface area (Å²) in [5, 5.41) is 0.571. The lowest BCUT2D eigenvalue weighted by atomic mass is 10.0. The molecule has 0 aliphatic rings. The van der Waals surface area contributed by atoms with E-state index in [4.69, 9.17) is 8.83 Å². The summed E-state index contributed by atoms with van der Waals surface area (Å²) in [5.74, 6) is 0.602. The number of nitrogens with one attached hydrogen (secondary N) is 1. The molecule has 0 bridgehead atoms. The molecule has 0 aliphatic heterocycles. The van der Waals surface area contributed by atoms with Gasteiger partial charge in [-0.2, -0.15) is 0 Å². The summed E-state index contributed by atoms with van der Waals surface area (Å²) in [6.07, 6.45) is 3.19. The molecule has 1 N–H and O–H groups in total.